The van der Waals surface area contributed by atoms with Gasteiger partial charge in [-0.25, -0.2) is 0 Å². The molecule has 1 aromatic carbocycles. The lowest BCUT2D eigenvalue weighted by Gasteiger charge is -2.00. The number of hydrogen-bond donors (Lipinski definition) is 0. The van der Waals surface area contributed by atoms with Crippen molar-refractivity contribution in [3.63, 3.8) is 0 Å². The SMILES string of the molecule is [CH2]C=Cc1cc(C)ccc1C. The normalized spacial score (nSPS) is 10.8. The predicted octanol–water partition coefficient (Wildman–Crippen LogP) is 3.15. The summed E-state index contributed by atoms with van der Waals surface area (Å²) in [6.45, 7) is 7.87. The second-order valence-corrected chi connectivity index (χ2v) is 2.76. The van der Waals surface area contributed by atoms with Gasteiger partial charge >= 0.3 is 0 Å². The first-order chi connectivity index (χ1) is 5.24. The van der Waals surface area contributed by atoms with E-state index in [1.54, 1.807) is 0 Å². The van der Waals surface area contributed by atoms with Crippen LogP contribution in [-0.4, -0.2) is 0 Å². The van der Waals surface area contributed by atoms with E-state index < -0.39 is 0 Å². The van der Waals surface area contributed by atoms with Crippen LogP contribution < -0.4 is 0 Å². The van der Waals surface area contributed by atoms with Gasteiger partial charge in [0.15, 0.2) is 0 Å². The van der Waals surface area contributed by atoms with Crippen LogP contribution >= 0.6 is 0 Å². The topological polar surface area (TPSA) is 0 Å². The average Bonchev–Trinajstić information content (AvgIpc) is 1.98. The summed E-state index contributed by atoms with van der Waals surface area (Å²) in [5.74, 6) is 0. The molecule has 0 heteroatoms. The molecule has 0 nitrogen and oxygen atoms in total. The third-order valence-corrected chi connectivity index (χ3v) is 1.73. The van der Waals surface area contributed by atoms with Crippen LogP contribution in [0.3, 0.4) is 0 Å². The Balaban J connectivity index is 3.12. The molecule has 0 aliphatic carbocycles. The second-order valence-electron chi connectivity index (χ2n) is 2.76. The average molecular weight is 145 g/mol. The molecular formula is C11H13. The van der Waals surface area contributed by atoms with Crippen molar-refractivity contribution in [2.45, 2.75) is 13.8 Å². The highest BCUT2D eigenvalue weighted by atomic mass is 14.0. The number of aryl methyl sites for hydroxylation is 2. The fraction of sp³-hybridized carbons (Fsp3) is 0.182. The monoisotopic (exact) mass is 145 g/mol. The molecule has 0 spiro atoms. The van der Waals surface area contributed by atoms with E-state index in [-0.39, 0.29) is 0 Å². The van der Waals surface area contributed by atoms with E-state index in [9.17, 15) is 0 Å². The number of rotatable bonds is 1. The Bertz CT molecular complexity index is 269. The van der Waals surface area contributed by atoms with Crippen LogP contribution in [0.5, 0.6) is 0 Å². The van der Waals surface area contributed by atoms with Crippen LogP contribution in [0.15, 0.2) is 24.3 Å². The highest BCUT2D eigenvalue weighted by molar-refractivity contribution is 5.54. The van der Waals surface area contributed by atoms with Crippen LogP contribution in [0, 0.1) is 20.8 Å². The first-order valence-electron chi connectivity index (χ1n) is 3.77. The molecule has 0 aliphatic rings. The Hall–Kier alpha value is -1.04. The Morgan fingerprint density at radius 1 is 1.27 bits per heavy atom. The molecule has 11 heavy (non-hydrogen) atoms. The lowest BCUT2D eigenvalue weighted by atomic mass is 10.1. The van der Waals surface area contributed by atoms with E-state index in [4.69, 9.17) is 0 Å². The zero-order valence-electron chi connectivity index (χ0n) is 7.09. The van der Waals surface area contributed by atoms with E-state index in [2.05, 4.69) is 39.0 Å². The largest absolute Gasteiger partial charge is 0.0836 e. The number of benzene rings is 1. The van der Waals surface area contributed by atoms with E-state index >= 15 is 0 Å². The van der Waals surface area contributed by atoms with Crippen molar-refractivity contribution in [2.24, 2.45) is 0 Å². The fourth-order valence-corrected chi connectivity index (χ4v) is 1.07. The van der Waals surface area contributed by atoms with Crippen molar-refractivity contribution in [3.05, 3.63) is 47.9 Å². The van der Waals surface area contributed by atoms with Gasteiger partial charge in [0.25, 0.3) is 0 Å². The molecule has 0 fully saturated rings. The van der Waals surface area contributed by atoms with Gasteiger partial charge < -0.3 is 0 Å². The molecule has 0 amide bonds. The predicted molar refractivity (Wildman–Crippen MR) is 50.3 cm³/mol. The summed E-state index contributed by atoms with van der Waals surface area (Å²) in [6, 6.07) is 6.41. The lowest BCUT2D eigenvalue weighted by Crippen LogP contribution is -1.81. The molecule has 0 saturated carbocycles. The van der Waals surface area contributed by atoms with Crippen molar-refractivity contribution in [2.75, 3.05) is 0 Å². The molecule has 1 radical (unpaired) electrons. The summed E-state index contributed by atoms with van der Waals surface area (Å²) >= 11 is 0. The van der Waals surface area contributed by atoms with Crippen molar-refractivity contribution in [3.8, 4) is 0 Å². The van der Waals surface area contributed by atoms with Crippen LogP contribution in [0.4, 0.5) is 0 Å². The van der Waals surface area contributed by atoms with Gasteiger partial charge in [-0.05, 0) is 31.9 Å². The van der Waals surface area contributed by atoms with Crippen molar-refractivity contribution in [1.29, 1.82) is 0 Å². The molecule has 1 aromatic rings. The van der Waals surface area contributed by atoms with E-state index in [0.29, 0.717) is 0 Å². The zero-order valence-corrected chi connectivity index (χ0v) is 7.09. The van der Waals surface area contributed by atoms with Crippen molar-refractivity contribution >= 4 is 6.08 Å². The molecule has 0 bridgehead atoms. The Kier molecular flexibility index (Phi) is 2.48. The molecule has 0 aromatic heterocycles. The van der Waals surface area contributed by atoms with Gasteiger partial charge in [-0.1, -0.05) is 35.9 Å². The van der Waals surface area contributed by atoms with Gasteiger partial charge in [-0.2, -0.15) is 0 Å². The molecule has 57 valence electrons. The van der Waals surface area contributed by atoms with Gasteiger partial charge in [-0.3, -0.25) is 0 Å². The standard InChI is InChI=1S/C11H13/c1-4-5-11-8-9(2)6-7-10(11)3/h4-8H,1H2,2-3H3. The molecule has 0 heterocycles. The highest BCUT2D eigenvalue weighted by Gasteiger charge is 1.92. The quantitative estimate of drug-likeness (QED) is 0.569. The Labute approximate surface area is 68.6 Å². The third-order valence-electron chi connectivity index (χ3n) is 1.73. The molecule has 0 saturated heterocycles. The highest BCUT2D eigenvalue weighted by Crippen LogP contribution is 2.11. The van der Waals surface area contributed by atoms with Crippen LogP contribution in [0.2, 0.25) is 0 Å². The van der Waals surface area contributed by atoms with Gasteiger partial charge in [0.1, 0.15) is 0 Å². The van der Waals surface area contributed by atoms with Crippen LogP contribution in [-0.2, 0) is 0 Å². The van der Waals surface area contributed by atoms with E-state index in [1.165, 1.54) is 16.7 Å². The third kappa shape index (κ3) is 1.94. The van der Waals surface area contributed by atoms with Gasteiger partial charge in [0, 0.05) is 0 Å². The molecule has 1 rings (SSSR count). The van der Waals surface area contributed by atoms with Gasteiger partial charge in [-0.15, -0.1) is 0 Å². The molecule has 0 unspecified atom stereocenters. The summed E-state index contributed by atoms with van der Waals surface area (Å²) < 4.78 is 0. The first-order valence-corrected chi connectivity index (χ1v) is 3.77. The van der Waals surface area contributed by atoms with Crippen LogP contribution in [0.25, 0.3) is 6.08 Å². The lowest BCUT2D eigenvalue weighted by molar-refractivity contribution is 1.38. The fourth-order valence-electron chi connectivity index (χ4n) is 1.07. The van der Waals surface area contributed by atoms with E-state index in [0.717, 1.165) is 0 Å². The summed E-state index contributed by atoms with van der Waals surface area (Å²) in [5.41, 5.74) is 3.86. The van der Waals surface area contributed by atoms with Gasteiger partial charge in [0.2, 0.25) is 0 Å². The minimum Gasteiger partial charge on any atom is -0.0836 e. The first kappa shape index (κ1) is 8.06. The Morgan fingerprint density at radius 2 is 2.00 bits per heavy atom. The molecular weight excluding hydrogens is 132 g/mol. The summed E-state index contributed by atoms with van der Waals surface area (Å²) in [4.78, 5) is 0. The van der Waals surface area contributed by atoms with Crippen LogP contribution in [0.1, 0.15) is 16.7 Å². The minimum absolute atomic E-state index is 1.26. The smallest absolute Gasteiger partial charge is 0.0228 e. The molecule has 0 atom stereocenters. The van der Waals surface area contributed by atoms with Gasteiger partial charge in [0.05, 0.1) is 0 Å². The van der Waals surface area contributed by atoms with Crippen molar-refractivity contribution in [1.82, 2.24) is 0 Å². The minimum atomic E-state index is 1.26. The number of allylic oxidation sites excluding steroid dienone is 1. The second kappa shape index (κ2) is 3.38. The number of hydrogen-bond acceptors (Lipinski definition) is 0. The zero-order chi connectivity index (χ0) is 8.27. The summed E-state index contributed by atoms with van der Waals surface area (Å²) in [5, 5.41) is 0. The van der Waals surface area contributed by atoms with Crippen molar-refractivity contribution < 1.29 is 0 Å². The maximum absolute atomic E-state index is 3.67. The molecule has 0 N–H and O–H groups in total. The maximum Gasteiger partial charge on any atom is -0.0228 e. The molecule has 0 aliphatic heterocycles. The summed E-state index contributed by atoms with van der Waals surface area (Å²) in [7, 11) is 0. The Morgan fingerprint density at radius 3 is 2.64 bits per heavy atom. The van der Waals surface area contributed by atoms with E-state index in [1.807, 2.05) is 12.2 Å². The summed E-state index contributed by atoms with van der Waals surface area (Å²) in [6.07, 6.45) is 3.85. The maximum atomic E-state index is 3.67.